The molecule has 146 valence electrons. The highest BCUT2D eigenvalue weighted by Gasteiger charge is 2.24. The van der Waals surface area contributed by atoms with Gasteiger partial charge in [0.25, 0.3) is 0 Å². The second-order valence-electron chi connectivity index (χ2n) is 7.00. The number of carbonyl (C=O) groups excluding carboxylic acids is 2. The minimum atomic E-state index is -0.121. The molecular formula is C20H32BrN3O2. The molecule has 2 amide bonds. The summed E-state index contributed by atoms with van der Waals surface area (Å²) in [6.45, 7) is 10.7. The Morgan fingerprint density at radius 2 is 1.69 bits per heavy atom. The predicted octanol–water partition coefficient (Wildman–Crippen LogP) is 4.05. The summed E-state index contributed by atoms with van der Waals surface area (Å²) in [5.41, 5.74) is 1.78. The molecule has 6 heteroatoms. The smallest absolute Gasteiger partial charge is 0.238 e. The number of benzene rings is 1. The maximum absolute atomic E-state index is 12.7. The first kappa shape index (κ1) is 22.6. The highest BCUT2D eigenvalue weighted by molar-refractivity contribution is 9.10. The number of amides is 2. The molecule has 1 aromatic rings. The molecule has 0 heterocycles. The number of anilines is 1. The van der Waals surface area contributed by atoms with Crippen LogP contribution >= 0.6 is 15.9 Å². The maximum atomic E-state index is 12.7. The second-order valence-corrected chi connectivity index (χ2v) is 7.91. The summed E-state index contributed by atoms with van der Waals surface area (Å²) >= 11 is 3.42. The van der Waals surface area contributed by atoms with Crippen LogP contribution in [0.25, 0.3) is 0 Å². The van der Waals surface area contributed by atoms with Gasteiger partial charge < -0.3 is 10.2 Å². The Balaban J connectivity index is 2.64. The van der Waals surface area contributed by atoms with Gasteiger partial charge in [-0.15, -0.1) is 0 Å². The van der Waals surface area contributed by atoms with E-state index < -0.39 is 0 Å². The molecule has 0 fully saturated rings. The van der Waals surface area contributed by atoms with E-state index in [1.54, 1.807) is 11.9 Å². The van der Waals surface area contributed by atoms with E-state index in [1.807, 2.05) is 30.0 Å². The van der Waals surface area contributed by atoms with Crippen molar-refractivity contribution < 1.29 is 9.59 Å². The average molecular weight is 426 g/mol. The molecule has 0 unspecified atom stereocenters. The van der Waals surface area contributed by atoms with Crippen LogP contribution in [0.2, 0.25) is 0 Å². The Kier molecular flexibility index (Phi) is 9.30. The van der Waals surface area contributed by atoms with Crippen LogP contribution in [0.4, 0.5) is 5.69 Å². The molecule has 0 aromatic heterocycles. The van der Waals surface area contributed by atoms with Crippen molar-refractivity contribution in [2.45, 2.75) is 59.5 Å². The third-order valence-electron chi connectivity index (χ3n) is 4.70. The first-order chi connectivity index (χ1) is 12.2. The summed E-state index contributed by atoms with van der Waals surface area (Å²) in [5, 5.41) is 2.91. The summed E-state index contributed by atoms with van der Waals surface area (Å²) in [6.07, 6.45) is 1.84. The van der Waals surface area contributed by atoms with Gasteiger partial charge in [-0.1, -0.05) is 29.8 Å². The van der Waals surface area contributed by atoms with Crippen molar-refractivity contribution in [3.8, 4) is 0 Å². The quantitative estimate of drug-likeness (QED) is 0.648. The molecule has 0 bridgehead atoms. The second kappa shape index (κ2) is 10.7. The largest absolute Gasteiger partial charge is 0.336 e. The molecule has 2 atom stereocenters. The Hall–Kier alpha value is -1.40. The van der Waals surface area contributed by atoms with Crippen molar-refractivity contribution in [1.82, 2.24) is 9.80 Å². The minimum Gasteiger partial charge on any atom is -0.336 e. The van der Waals surface area contributed by atoms with Crippen LogP contribution in [-0.2, 0) is 9.59 Å². The van der Waals surface area contributed by atoms with Crippen molar-refractivity contribution in [2.75, 3.05) is 25.5 Å². The number of nitrogens with zero attached hydrogens (tertiary/aromatic N) is 2. The van der Waals surface area contributed by atoms with Gasteiger partial charge >= 0.3 is 0 Å². The van der Waals surface area contributed by atoms with Gasteiger partial charge in [-0.05, 0) is 64.4 Å². The molecule has 5 nitrogen and oxygen atoms in total. The van der Waals surface area contributed by atoms with E-state index >= 15 is 0 Å². The maximum Gasteiger partial charge on any atom is 0.238 e. The Bertz CT molecular complexity index is 611. The summed E-state index contributed by atoms with van der Waals surface area (Å²) in [6, 6.07) is 6.12. The molecule has 26 heavy (non-hydrogen) atoms. The zero-order valence-corrected chi connectivity index (χ0v) is 18.4. The van der Waals surface area contributed by atoms with Crippen LogP contribution in [0.15, 0.2) is 22.7 Å². The van der Waals surface area contributed by atoms with Gasteiger partial charge in [-0.25, -0.2) is 0 Å². The average Bonchev–Trinajstić information content (AvgIpc) is 2.56. The molecule has 0 aliphatic heterocycles. The number of aryl methyl sites for hydroxylation is 1. The normalized spacial score (nSPS) is 13.4. The third kappa shape index (κ3) is 6.72. The van der Waals surface area contributed by atoms with Crippen molar-refractivity contribution in [1.29, 1.82) is 0 Å². The van der Waals surface area contributed by atoms with Gasteiger partial charge in [-0.3, -0.25) is 14.5 Å². The zero-order valence-electron chi connectivity index (χ0n) is 16.8. The topological polar surface area (TPSA) is 52.7 Å². The van der Waals surface area contributed by atoms with Gasteiger partial charge in [0.05, 0.1) is 13.1 Å². The number of carbonyl (C=O) groups is 2. The Morgan fingerprint density at radius 1 is 1.12 bits per heavy atom. The van der Waals surface area contributed by atoms with Crippen molar-refractivity contribution >= 4 is 33.4 Å². The highest BCUT2D eigenvalue weighted by atomic mass is 79.9. The van der Waals surface area contributed by atoms with Crippen molar-refractivity contribution in [2.24, 2.45) is 0 Å². The number of rotatable bonds is 9. The molecular weight excluding hydrogens is 394 g/mol. The number of halogens is 1. The lowest BCUT2D eigenvalue weighted by Gasteiger charge is -2.35. The van der Waals surface area contributed by atoms with Gasteiger partial charge in [0.1, 0.15) is 0 Å². The summed E-state index contributed by atoms with van der Waals surface area (Å²) in [7, 11) is 1.80. The van der Waals surface area contributed by atoms with Crippen LogP contribution in [0.3, 0.4) is 0 Å². The molecule has 0 aliphatic rings. The van der Waals surface area contributed by atoms with Crippen LogP contribution in [0, 0.1) is 6.92 Å². The van der Waals surface area contributed by atoms with E-state index in [4.69, 9.17) is 0 Å². The first-order valence-corrected chi connectivity index (χ1v) is 10.0. The summed E-state index contributed by atoms with van der Waals surface area (Å²) in [4.78, 5) is 28.8. The number of hydrogen-bond donors (Lipinski definition) is 1. The number of likely N-dealkylation sites (N-methyl/N-ethyl adjacent to an activating group) is 1. The fourth-order valence-corrected chi connectivity index (χ4v) is 3.37. The van der Waals surface area contributed by atoms with Gasteiger partial charge in [-0.2, -0.15) is 0 Å². The lowest BCUT2D eigenvalue weighted by molar-refractivity contribution is -0.136. The molecule has 1 aromatic carbocycles. The van der Waals surface area contributed by atoms with Gasteiger partial charge in [0, 0.05) is 22.2 Å². The van der Waals surface area contributed by atoms with E-state index in [-0.39, 0.29) is 37.0 Å². The molecule has 0 saturated carbocycles. The Labute approximate surface area is 166 Å². The van der Waals surface area contributed by atoms with E-state index in [0.717, 1.165) is 28.6 Å². The molecule has 0 aliphatic carbocycles. The van der Waals surface area contributed by atoms with Gasteiger partial charge in [0.2, 0.25) is 11.8 Å². The number of hydrogen-bond acceptors (Lipinski definition) is 3. The van der Waals surface area contributed by atoms with Crippen LogP contribution in [0.1, 0.15) is 46.1 Å². The van der Waals surface area contributed by atoms with Crippen LogP contribution in [-0.4, -0.2) is 53.8 Å². The van der Waals surface area contributed by atoms with E-state index in [1.165, 1.54) is 0 Å². The fraction of sp³-hybridized carbons (Fsp3) is 0.600. The molecule has 1 rings (SSSR count). The first-order valence-electron chi connectivity index (χ1n) is 9.25. The summed E-state index contributed by atoms with van der Waals surface area (Å²) < 4.78 is 0.978. The standard InChI is InChI=1S/C20H32BrN3O2/c1-7-15(4)24(16(5)8-2)20(26)13-23(6)12-19(25)22-18-10-9-17(21)11-14(18)3/h9-11,15-16H,7-8,12-13H2,1-6H3,(H,22,25)/t15-,16-/m0/s1. The van der Waals surface area contributed by atoms with E-state index in [9.17, 15) is 9.59 Å². The molecule has 0 saturated heterocycles. The molecule has 0 radical (unpaired) electrons. The Morgan fingerprint density at radius 3 is 2.19 bits per heavy atom. The monoisotopic (exact) mass is 425 g/mol. The lowest BCUT2D eigenvalue weighted by Crippen LogP contribution is -2.49. The minimum absolute atomic E-state index is 0.0730. The van der Waals surface area contributed by atoms with Gasteiger partial charge in [0.15, 0.2) is 0 Å². The zero-order chi connectivity index (χ0) is 19.9. The number of nitrogens with one attached hydrogen (secondary N) is 1. The summed E-state index contributed by atoms with van der Waals surface area (Å²) in [5.74, 6) is -0.0480. The SMILES string of the molecule is CC[C@H](C)N(C(=O)CN(C)CC(=O)Nc1ccc(Br)cc1C)[C@@H](C)CC. The predicted molar refractivity (Wildman–Crippen MR) is 111 cm³/mol. The third-order valence-corrected chi connectivity index (χ3v) is 5.19. The van der Waals surface area contributed by atoms with Crippen LogP contribution in [0.5, 0.6) is 0 Å². The van der Waals surface area contributed by atoms with Crippen molar-refractivity contribution in [3.63, 3.8) is 0 Å². The lowest BCUT2D eigenvalue weighted by atomic mass is 10.1. The fourth-order valence-electron chi connectivity index (χ4n) is 2.89. The molecule has 1 N–H and O–H groups in total. The van der Waals surface area contributed by atoms with E-state index in [2.05, 4.69) is 48.9 Å². The highest BCUT2D eigenvalue weighted by Crippen LogP contribution is 2.20. The molecule has 0 spiro atoms. The van der Waals surface area contributed by atoms with E-state index in [0.29, 0.717) is 0 Å². The van der Waals surface area contributed by atoms with Crippen LogP contribution < -0.4 is 5.32 Å². The van der Waals surface area contributed by atoms with Crippen molar-refractivity contribution in [3.05, 3.63) is 28.2 Å².